The van der Waals surface area contributed by atoms with E-state index in [2.05, 4.69) is 13.2 Å². The van der Waals surface area contributed by atoms with Gasteiger partial charge >= 0.3 is 23.3 Å². The summed E-state index contributed by atoms with van der Waals surface area (Å²) >= 11 is 0. The first-order valence-electron chi connectivity index (χ1n) is 6.27. The van der Waals surface area contributed by atoms with Crippen LogP contribution in [0.2, 0.25) is 13.1 Å². The van der Waals surface area contributed by atoms with Crippen LogP contribution in [-0.4, -0.2) is 35.5 Å². The van der Waals surface area contributed by atoms with Gasteiger partial charge in [0.2, 0.25) is 0 Å². The quantitative estimate of drug-likeness (QED) is 0.631. The van der Waals surface area contributed by atoms with Gasteiger partial charge in [-0.25, -0.2) is 0 Å². The van der Waals surface area contributed by atoms with Gasteiger partial charge in [-0.15, -0.1) is 13.2 Å². The van der Waals surface area contributed by atoms with Crippen molar-refractivity contribution in [1.29, 1.82) is 0 Å². The predicted molar refractivity (Wildman–Crippen MR) is 77.5 cm³/mol. The van der Waals surface area contributed by atoms with Gasteiger partial charge in [0, 0.05) is 6.10 Å². The molecule has 0 radical (unpaired) electrons. The molecule has 0 aliphatic carbocycles. The van der Waals surface area contributed by atoms with Crippen molar-refractivity contribution in [2.45, 2.75) is 52.2 Å². The van der Waals surface area contributed by atoms with E-state index in [9.17, 15) is 13.2 Å². The molecule has 0 rings (SSSR count). The molecule has 0 aromatic heterocycles. The second kappa shape index (κ2) is 7.03. The van der Waals surface area contributed by atoms with Crippen LogP contribution in [-0.2, 0) is 13.0 Å². The number of hydrogen-bond donors (Lipinski definition) is 0. The third-order valence-electron chi connectivity index (χ3n) is 2.49. The molecule has 0 N–H and O–H groups in total. The van der Waals surface area contributed by atoms with E-state index >= 15 is 0 Å². The lowest BCUT2D eigenvalue weighted by Gasteiger charge is -2.36. The first-order valence-corrected chi connectivity index (χ1v) is 11.1. The first kappa shape index (κ1) is 19.6. The highest BCUT2D eigenvalue weighted by Gasteiger charge is 2.46. The zero-order chi connectivity index (χ0) is 16.2. The predicted octanol–water partition coefficient (Wildman–Crippen LogP) is 3.99. The van der Waals surface area contributed by atoms with Crippen molar-refractivity contribution in [3.63, 3.8) is 0 Å². The molecule has 3 atom stereocenters. The molecule has 0 aliphatic heterocycles. The molecule has 0 saturated heterocycles. The Kier molecular flexibility index (Phi) is 6.89. The van der Waals surface area contributed by atoms with Crippen molar-refractivity contribution < 1.29 is 26.1 Å². The molecular weight excluding hydrogens is 305 g/mol. The van der Waals surface area contributed by atoms with Gasteiger partial charge in [-0.3, -0.25) is 0 Å². The Bertz CT molecular complexity index is 349. The van der Waals surface area contributed by atoms with Crippen LogP contribution < -0.4 is 0 Å². The molecular formula is C12H23F3O3Si2. The maximum Gasteiger partial charge on any atom is 0.413 e. The van der Waals surface area contributed by atoms with Crippen LogP contribution in [0.4, 0.5) is 13.2 Å². The van der Waals surface area contributed by atoms with E-state index in [0.717, 1.165) is 6.92 Å². The standard InChI is InChI=1S/C12H23F3O3Si2/c1-8-19(6,16-10(3)4)18-20(7,9-2)17-11(5)12(13,14)15/h8-11H,1-2H2,3-7H3. The summed E-state index contributed by atoms with van der Waals surface area (Å²) in [6.45, 7) is 15.0. The monoisotopic (exact) mass is 328 g/mol. The van der Waals surface area contributed by atoms with E-state index in [1.54, 1.807) is 6.55 Å². The molecule has 118 valence electrons. The van der Waals surface area contributed by atoms with Crippen molar-refractivity contribution in [3.05, 3.63) is 24.6 Å². The minimum absolute atomic E-state index is 0.118. The van der Waals surface area contributed by atoms with Crippen LogP contribution in [0.15, 0.2) is 24.6 Å². The summed E-state index contributed by atoms with van der Waals surface area (Å²) in [5.74, 6) is 0. The summed E-state index contributed by atoms with van der Waals surface area (Å²) in [5.41, 5.74) is 2.86. The zero-order valence-electron chi connectivity index (χ0n) is 12.6. The molecule has 0 spiro atoms. The van der Waals surface area contributed by atoms with E-state index in [1.807, 2.05) is 13.8 Å². The highest BCUT2D eigenvalue weighted by atomic mass is 28.5. The third kappa shape index (κ3) is 6.36. The summed E-state index contributed by atoms with van der Waals surface area (Å²) in [4.78, 5) is 0. The van der Waals surface area contributed by atoms with Crippen LogP contribution in [0.5, 0.6) is 0 Å². The summed E-state index contributed by atoms with van der Waals surface area (Å²) in [7, 11) is -6.02. The normalized spacial score (nSPS) is 20.1. The van der Waals surface area contributed by atoms with Crippen LogP contribution >= 0.6 is 0 Å². The fourth-order valence-electron chi connectivity index (χ4n) is 1.52. The van der Waals surface area contributed by atoms with Gasteiger partial charge in [-0.2, -0.15) is 13.2 Å². The molecule has 8 heteroatoms. The van der Waals surface area contributed by atoms with Gasteiger partial charge in [0.05, 0.1) is 0 Å². The molecule has 0 heterocycles. The largest absolute Gasteiger partial charge is 0.413 e. The summed E-state index contributed by atoms with van der Waals surface area (Å²) in [6, 6.07) is 0. The maximum absolute atomic E-state index is 12.6. The average molecular weight is 328 g/mol. The molecule has 0 saturated carbocycles. The highest BCUT2D eigenvalue weighted by Crippen LogP contribution is 2.28. The van der Waals surface area contributed by atoms with Crippen molar-refractivity contribution in [2.24, 2.45) is 0 Å². The Morgan fingerprint density at radius 3 is 1.65 bits per heavy atom. The Morgan fingerprint density at radius 2 is 1.35 bits per heavy atom. The summed E-state index contributed by atoms with van der Waals surface area (Å²) in [6.07, 6.45) is -6.47. The van der Waals surface area contributed by atoms with Crippen LogP contribution in [0, 0.1) is 0 Å². The molecule has 0 aromatic rings. The molecule has 20 heavy (non-hydrogen) atoms. The molecule has 3 nitrogen and oxygen atoms in total. The minimum atomic E-state index is -4.44. The average Bonchev–Trinajstić information content (AvgIpc) is 2.26. The Hall–Kier alpha value is -0.416. The van der Waals surface area contributed by atoms with Crippen molar-refractivity contribution in [2.75, 3.05) is 0 Å². The van der Waals surface area contributed by atoms with Crippen molar-refractivity contribution >= 4 is 17.1 Å². The molecule has 0 amide bonds. The minimum Gasteiger partial charge on any atom is -0.409 e. The number of rotatable bonds is 8. The third-order valence-corrected chi connectivity index (χ3v) is 8.97. The highest BCUT2D eigenvalue weighted by molar-refractivity contribution is 6.84. The number of halogens is 3. The van der Waals surface area contributed by atoms with E-state index in [4.69, 9.17) is 13.0 Å². The zero-order valence-corrected chi connectivity index (χ0v) is 14.6. The van der Waals surface area contributed by atoms with Crippen LogP contribution in [0.3, 0.4) is 0 Å². The van der Waals surface area contributed by atoms with Crippen molar-refractivity contribution in [3.8, 4) is 0 Å². The lowest BCUT2D eigenvalue weighted by molar-refractivity contribution is -0.194. The SMILES string of the molecule is C=C[Si](C)(OC(C)C)O[Si](C)(C=C)OC(C)C(F)(F)F. The van der Waals surface area contributed by atoms with Gasteiger partial charge in [0.15, 0.2) is 0 Å². The molecule has 0 fully saturated rings. The van der Waals surface area contributed by atoms with Crippen molar-refractivity contribution in [1.82, 2.24) is 0 Å². The number of hydrogen-bond acceptors (Lipinski definition) is 3. The Balaban J connectivity index is 5.05. The van der Waals surface area contributed by atoms with Crippen LogP contribution in [0.1, 0.15) is 20.8 Å². The van der Waals surface area contributed by atoms with E-state index < -0.39 is 29.4 Å². The number of alkyl halides is 3. The summed E-state index contributed by atoms with van der Waals surface area (Å²) < 4.78 is 54.4. The molecule has 3 unspecified atom stereocenters. The molecule has 0 bridgehead atoms. The summed E-state index contributed by atoms with van der Waals surface area (Å²) in [5, 5.41) is 0. The van der Waals surface area contributed by atoms with E-state index in [-0.39, 0.29) is 6.10 Å². The lowest BCUT2D eigenvalue weighted by atomic mass is 10.4. The van der Waals surface area contributed by atoms with Gasteiger partial charge in [-0.05, 0) is 33.9 Å². The van der Waals surface area contributed by atoms with E-state index in [1.165, 1.54) is 17.9 Å². The van der Waals surface area contributed by atoms with Gasteiger partial charge in [0.1, 0.15) is 6.10 Å². The Morgan fingerprint density at radius 1 is 0.950 bits per heavy atom. The van der Waals surface area contributed by atoms with Crippen LogP contribution in [0.25, 0.3) is 0 Å². The molecule has 0 aliphatic rings. The fraction of sp³-hybridized carbons (Fsp3) is 0.667. The van der Waals surface area contributed by atoms with Gasteiger partial charge in [0.25, 0.3) is 0 Å². The Labute approximate surface area is 120 Å². The second-order valence-corrected chi connectivity index (χ2v) is 11.2. The van der Waals surface area contributed by atoms with Gasteiger partial charge < -0.3 is 13.0 Å². The maximum atomic E-state index is 12.6. The van der Waals surface area contributed by atoms with Gasteiger partial charge in [-0.1, -0.05) is 11.4 Å². The fourth-order valence-corrected chi connectivity index (χ4v) is 7.75. The first-order chi connectivity index (χ1) is 8.87. The van der Waals surface area contributed by atoms with E-state index in [0.29, 0.717) is 0 Å². The molecule has 0 aromatic carbocycles. The smallest absolute Gasteiger partial charge is 0.409 e. The second-order valence-electron chi connectivity index (χ2n) is 5.01. The topological polar surface area (TPSA) is 27.7 Å². The lowest BCUT2D eigenvalue weighted by Crippen LogP contribution is -2.53.